The molecule has 0 aliphatic rings. The first-order chi connectivity index (χ1) is 9.04. The first-order valence-electron chi connectivity index (χ1n) is 6.03. The molecule has 0 fully saturated rings. The Hall–Kier alpha value is -1.82. The molecule has 1 rings (SSSR count). The van der Waals surface area contributed by atoms with Crippen LogP contribution in [0.5, 0.6) is 5.75 Å². The van der Waals surface area contributed by atoms with Crippen molar-refractivity contribution in [3.05, 3.63) is 24.0 Å². The van der Waals surface area contributed by atoms with E-state index in [2.05, 4.69) is 5.32 Å². The average Bonchev–Trinajstić information content (AvgIpc) is 2.38. The van der Waals surface area contributed by atoms with E-state index in [4.69, 9.17) is 15.2 Å². The maximum Gasteiger partial charge on any atom is 0.260 e. The van der Waals surface area contributed by atoms with Gasteiger partial charge >= 0.3 is 0 Å². The summed E-state index contributed by atoms with van der Waals surface area (Å²) in [6.07, 6.45) is -0.0245. The third kappa shape index (κ3) is 5.13. The zero-order valence-electron chi connectivity index (χ0n) is 11.1. The van der Waals surface area contributed by atoms with E-state index >= 15 is 0 Å². The first kappa shape index (κ1) is 15.2. The highest BCUT2D eigenvalue weighted by atomic mass is 19.1. The molecule has 6 heteroatoms. The number of nitrogens with two attached hydrogens (primary N) is 1. The van der Waals surface area contributed by atoms with Gasteiger partial charge < -0.3 is 20.5 Å². The number of carbonyl (C=O) groups is 1. The summed E-state index contributed by atoms with van der Waals surface area (Å²) in [7, 11) is 1.60. The van der Waals surface area contributed by atoms with Gasteiger partial charge in [0.05, 0.1) is 5.69 Å². The van der Waals surface area contributed by atoms with Gasteiger partial charge in [-0.05, 0) is 25.5 Å². The second kappa shape index (κ2) is 7.58. The Morgan fingerprint density at radius 2 is 2.26 bits per heavy atom. The second-order valence-corrected chi connectivity index (χ2v) is 4.08. The van der Waals surface area contributed by atoms with Gasteiger partial charge in [-0.1, -0.05) is 0 Å². The van der Waals surface area contributed by atoms with Crippen LogP contribution in [0, 0.1) is 5.82 Å². The molecule has 19 heavy (non-hydrogen) atoms. The molecule has 0 saturated carbocycles. The summed E-state index contributed by atoms with van der Waals surface area (Å²) in [5.74, 6) is -0.573. The monoisotopic (exact) mass is 270 g/mol. The summed E-state index contributed by atoms with van der Waals surface area (Å²) in [4.78, 5) is 11.7. The lowest BCUT2D eigenvalue weighted by Gasteiger charge is -2.16. The van der Waals surface area contributed by atoms with Crippen molar-refractivity contribution in [2.75, 3.05) is 26.0 Å². The molecule has 0 aliphatic carbocycles. The van der Waals surface area contributed by atoms with Crippen LogP contribution in [0.1, 0.15) is 13.3 Å². The maximum absolute atomic E-state index is 13.0. The van der Waals surface area contributed by atoms with E-state index < -0.39 is 11.9 Å². The largest absolute Gasteiger partial charge is 0.479 e. The molecule has 0 aliphatic heterocycles. The topological polar surface area (TPSA) is 73.6 Å². The summed E-state index contributed by atoms with van der Waals surface area (Å²) in [6.45, 7) is 2.65. The van der Waals surface area contributed by atoms with Crippen molar-refractivity contribution in [1.29, 1.82) is 0 Å². The minimum absolute atomic E-state index is 0.166. The molecule has 0 radical (unpaired) electrons. The molecular weight excluding hydrogens is 251 g/mol. The number of nitrogens with one attached hydrogen (secondary N) is 1. The molecular formula is C13H19FN2O3. The third-order valence-corrected chi connectivity index (χ3v) is 2.47. The molecule has 0 spiro atoms. The predicted octanol–water partition coefficient (Wildman–Crippen LogP) is 1.33. The molecule has 106 valence electrons. The van der Waals surface area contributed by atoms with Gasteiger partial charge in [0, 0.05) is 26.3 Å². The van der Waals surface area contributed by atoms with Gasteiger partial charge in [0.1, 0.15) is 11.6 Å². The Morgan fingerprint density at radius 1 is 1.53 bits per heavy atom. The van der Waals surface area contributed by atoms with E-state index in [0.29, 0.717) is 18.8 Å². The lowest BCUT2D eigenvalue weighted by molar-refractivity contribution is -0.127. The van der Waals surface area contributed by atoms with Crippen molar-refractivity contribution in [2.24, 2.45) is 0 Å². The van der Waals surface area contributed by atoms with Crippen LogP contribution in [0.15, 0.2) is 18.2 Å². The van der Waals surface area contributed by atoms with Crippen molar-refractivity contribution in [1.82, 2.24) is 5.32 Å². The number of carbonyl (C=O) groups excluding carboxylic acids is 1. The Morgan fingerprint density at radius 3 is 2.95 bits per heavy atom. The molecule has 0 saturated heterocycles. The predicted molar refractivity (Wildman–Crippen MR) is 70.4 cm³/mol. The lowest BCUT2D eigenvalue weighted by atomic mass is 10.3. The number of nitrogen functional groups attached to an aromatic ring is 1. The van der Waals surface area contributed by atoms with Crippen LogP contribution in [0.25, 0.3) is 0 Å². The summed E-state index contributed by atoms with van der Waals surface area (Å²) in [5, 5.41) is 2.69. The molecule has 3 N–H and O–H groups in total. The van der Waals surface area contributed by atoms with Gasteiger partial charge in [0.15, 0.2) is 6.10 Å². The zero-order valence-corrected chi connectivity index (χ0v) is 11.1. The molecule has 1 amide bonds. The molecule has 1 aromatic rings. The zero-order chi connectivity index (χ0) is 14.3. The number of benzene rings is 1. The van der Waals surface area contributed by atoms with Gasteiger partial charge in [-0.3, -0.25) is 4.79 Å². The number of rotatable bonds is 7. The standard InChI is InChI=1S/C13H19FN2O3/c1-9(13(17)16-6-3-7-18-2)19-12-8-10(14)4-5-11(12)15/h4-5,8-9H,3,6-7,15H2,1-2H3,(H,16,17). The molecule has 5 nitrogen and oxygen atoms in total. The summed E-state index contributed by atoms with van der Waals surface area (Å²) < 4.78 is 23.2. The van der Waals surface area contributed by atoms with Crippen molar-refractivity contribution in [2.45, 2.75) is 19.4 Å². The lowest BCUT2D eigenvalue weighted by Crippen LogP contribution is -2.37. The van der Waals surface area contributed by atoms with Gasteiger partial charge in [-0.15, -0.1) is 0 Å². The molecule has 0 heterocycles. The molecule has 1 unspecified atom stereocenters. The van der Waals surface area contributed by atoms with Gasteiger partial charge in [-0.2, -0.15) is 0 Å². The highest BCUT2D eigenvalue weighted by Gasteiger charge is 2.15. The SMILES string of the molecule is COCCCNC(=O)C(C)Oc1cc(F)ccc1N. The van der Waals surface area contributed by atoms with E-state index in [9.17, 15) is 9.18 Å². The van der Waals surface area contributed by atoms with Gasteiger partial charge in [0.25, 0.3) is 5.91 Å². The van der Waals surface area contributed by atoms with E-state index in [-0.39, 0.29) is 11.7 Å². The minimum Gasteiger partial charge on any atom is -0.479 e. The number of ether oxygens (including phenoxy) is 2. The van der Waals surface area contributed by atoms with Crippen molar-refractivity contribution < 1.29 is 18.7 Å². The number of halogens is 1. The number of methoxy groups -OCH3 is 1. The van der Waals surface area contributed by atoms with Gasteiger partial charge in [0.2, 0.25) is 0 Å². The Labute approximate surface area is 111 Å². The first-order valence-corrected chi connectivity index (χ1v) is 6.03. The summed E-state index contributed by atoms with van der Waals surface area (Å²) >= 11 is 0. The van der Waals surface area contributed by atoms with Gasteiger partial charge in [-0.25, -0.2) is 4.39 Å². The number of hydrogen-bond donors (Lipinski definition) is 2. The van der Waals surface area contributed by atoms with Crippen LogP contribution in [0.2, 0.25) is 0 Å². The average molecular weight is 270 g/mol. The Balaban J connectivity index is 2.47. The number of amides is 1. The van der Waals surface area contributed by atoms with Crippen LogP contribution in [-0.2, 0) is 9.53 Å². The highest BCUT2D eigenvalue weighted by molar-refractivity contribution is 5.80. The van der Waals surface area contributed by atoms with Crippen LogP contribution in [-0.4, -0.2) is 32.3 Å². The fraction of sp³-hybridized carbons (Fsp3) is 0.462. The van der Waals surface area contributed by atoms with E-state index in [1.165, 1.54) is 12.1 Å². The van der Waals surface area contributed by atoms with Crippen LogP contribution in [0.4, 0.5) is 10.1 Å². The summed E-state index contributed by atoms with van der Waals surface area (Å²) in [5.41, 5.74) is 5.93. The maximum atomic E-state index is 13.0. The normalized spacial score (nSPS) is 11.9. The van der Waals surface area contributed by atoms with E-state index in [1.807, 2.05) is 0 Å². The fourth-order valence-corrected chi connectivity index (χ4v) is 1.43. The summed E-state index contributed by atoms with van der Waals surface area (Å²) in [6, 6.07) is 3.79. The molecule has 0 bridgehead atoms. The Kier molecular flexibility index (Phi) is 6.08. The highest BCUT2D eigenvalue weighted by Crippen LogP contribution is 2.23. The van der Waals surface area contributed by atoms with Crippen LogP contribution >= 0.6 is 0 Å². The van der Waals surface area contributed by atoms with Crippen LogP contribution in [0.3, 0.4) is 0 Å². The molecule has 1 atom stereocenters. The van der Waals surface area contributed by atoms with Crippen molar-refractivity contribution in [3.63, 3.8) is 0 Å². The molecule has 0 aromatic heterocycles. The fourth-order valence-electron chi connectivity index (χ4n) is 1.43. The third-order valence-electron chi connectivity index (χ3n) is 2.47. The Bertz CT molecular complexity index is 426. The quantitative estimate of drug-likeness (QED) is 0.579. The van der Waals surface area contributed by atoms with E-state index in [1.54, 1.807) is 14.0 Å². The smallest absolute Gasteiger partial charge is 0.260 e. The van der Waals surface area contributed by atoms with Crippen molar-refractivity contribution in [3.8, 4) is 5.75 Å². The minimum atomic E-state index is -0.744. The number of anilines is 1. The van der Waals surface area contributed by atoms with E-state index in [0.717, 1.165) is 12.5 Å². The van der Waals surface area contributed by atoms with Crippen LogP contribution < -0.4 is 15.8 Å². The second-order valence-electron chi connectivity index (χ2n) is 4.08. The molecule has 1 aromatic carbocycles. The number of hydrogen-bond acceptors (Lipinski definition) is 4. The van der Waals surface area contributed by atoms with Crippen molar-refractivity contribution >= 4 is 11.6 Å².